The first kappa shape index (κ1) is 22.2. The first-order chi connectivity index (χ1) is 16.6. The maximum absolute atomic E-state index is 12.7. The Morgan fingerprint density at radius 2 is 1.88 bits per heavy atom. The van der Waals surface area contributed by atoms with Crippen LogP contribution in [0.25, 0.3) is 4.96 Å². The van der Waals surface area contributed by atoms with Gasteiger partial charge in [-0.3, -0.25) is 14.0 Å². The van der Waals surface area contributed by atoms with Crippen molar-refractivity contribution in [1.82, 2.24) is 9.38 Å². The number of anilines is 1. The van der Waals surface area contributed by atoms with Gasteiger partial charge in [0.2, 0.25) is 0 Å². The maximum Gasteiger partial charge on any atom is 0.265 e. The molecule has 5 rings (SSSR count). The number of para-hydroxylation sites is 1. The van der Waals surface area contributed by atoms with Crippen LogP contribution >= 0.6 is 11.3 Å². The fourth-order valence-electron chi connectivity index (χ4n) is 4.04. The van der Waals surface area contributed by atoms with Gasteiger partial charge in [-0.15, -0.1) is 11.3 Å². The second kappa shape index (κ2) is 9.69. The van der Waals surface area contributed by atoms with Gasteiger partial charge in [-0.2, -0.15) is 0 Å². The molecule has 174 valence electrons. The average Bonchev–Trinajstić information content (AvgIpc) is 3.22. The van der Waals surface area contributed by atoms with E-state index < -0.39 is 6.10 Å². The number of benzene rings is 2. The van der Waals surface area contributed by atoms with E-state index in [-0.39, 0.29) is 18.1 Å². The van der Waals surface area contributed by atoms with E-state index in [2.05, 4.69) is 10.3 Å². The zero-order valence-corrected chi connectivity index (χ0v) is 19.6. The van der Waals surface area contributed by atoms with Gasteiger partial charge in [0.15, 0.2) is 11.1 Å². The Kier molecular flexibility index (Phi) is 6.31. The molecule has 0 aliphatic heterocycles. The minimum absolute atomic E-state index is 0.0589. The molecule has 0 fully saturated rings. The van der Waals surface area contributed by atoms with Crippen molar-refractivity contribution in [2.24, 2.45) is 0 Å². The summed E-state index contributed by atoms with van der Waals surface area (Å²) < 4.78 is 13.3. The van der Waals surface area contributed by atoms with Gasteiger partial charge >= 0.3 is 0 Å². The van der Waals surface area contributed by atoms with Crippen LogP contribution in [-0.4, -0.2) is 21.4 Å². The van der Waals surface area contributed by atoms with Crippen LogP contribution in [0.15, 0.2) is 65.5 Å². The van der Waals surface area contributed by atoms with Crippen LogP contribution < -0.4 is 20.3 Å². The average molecular weight is 476 g/mol. The molecular weight excluding hydrogens is 450 g/mol. The number of carbonyl (C=O) groups is 1. The summed E-state index contributed by atoms with van der Waals surface area (Å²) in [5.41, 5.74) is 2.24. The van der Waals surface area contributed by atoms with E-state index in [1.54, 1.807) is 65.1 Å². The summed E-state index contributed by atoms with van der Waals surface area (Å²) >= 11 is 1.60. The van der Waals surface area contributed by atoms with E-state index in [4.69, 9.17) is 9.47 Å². The smallest absolute Gasteiger partial charge is 0.265 e. The number of rotatable bonds is 7. The summed E-state index contributed by atoms with van der Waals surface area (Å²) in [5.74, 6) is 0.943. The molecule has 0 saturated heterocycles. The van der Waals surface area contributed by atoms with E-state index in [1.807, 2.05) is 18.2 Å². The maximum atomic E-state index is 12.7. The van der Waals surface area contributed by atoms with Crippen LogP contribution in [0.4, 0.5) is 5.69 Å². The van der Waals surface area contributed by atoms with E-state index in [1.165, 1.54) is 4.88 Å². The predicted octanol–water partition coefficient (Wildman–Crippen LogP) is 4.62. The number of hydrogen-bond donors (Lipinski definition) is 1. The Bertz CT molecular complexity index is 1380. The fraction of sp³-hybridized carbons (Fsp3) is 0.269. The van der Waals surface area contributed by atoms with Crippen LogP contribution in [0.2, 0.25) is 0 Å². The highest BCUT2D eigenvalue weighted by molar-refractivity contribution is 7.17. The van der Waals surface area contributed by atoms with Crippen molar-refractivity contribution in [1.29, 1.82) is 0 Å². The zero-order valence-electron chi connectivity index (χ0n) is 18.8. The van der Waals surface area contributed by atoms with Gasteiger partial charge in [0.25, 0.3) is 11.5 Å². The van der Waals surface area contributed by atoms with Crippen molar-refractivity contribution in [3.05, 3.63) is 87.3 Å². The molecule has 1 aliphatic rings. The topological polar surface area (TPSA) is 81.9 Å². The molecule has 1 aliphatic carbocycles. The summed E-state index contributed by atoms with van der Waals surface area (Å²) in [4.78, 5) is 31.9. The SMILES string of the molecule is C[C@@H](Oc1ccccc1)C(=O)Nc1cccc(OCc2cc(=O)n3c4c(sc3n2)CCCC4)c1. The zero-order chi connectivity index (χ0) is 23.5. The van der Waals surface area contributed by atoms with E-state index in [9.17, 15) is 9.59 Å². The lowest BCUT2D eigenvalue weighted by molar-refractivity contribution is -0.122. The van der Waals surface area contributed by atoms with Crippen LogP contribution in [0.3, 0.4) is 0 Å². The molecular formula is C26H25N3O4S. The number of nitrogens with one attached hydrogen (secondary N) is 1. The molecule has 0 spiro atoms. The first-order valence-electron chi connectivity index (χ1n) is 11.4. The monoisotopic (exact) mass is 475 g/mol. The highest BCUT2D eigenvalue weighted by Crippen LogP contribution is 2.28. The van der Waals surface area contributed by atoms with E-state index in [0.717, 1.165) is 36.3 Å². The van der Waals surface area contributed by atoms with Gasteiger partial charge in [-0.05, 0) is 56.9 Å². The number of carbonyl (C=O) groups excluding carboxylic acids is 1. The summed E-state index contributed by atoms with van der Waals surface area (Å²) in [7, 11) is 0. The number of hydrogen-bond acceptors (Lipinski definition) is 6. The first-order valence-corrected chi connectivity index (χ1v) is 12.2. The van der Waals surface area contributed by atoms with Crippen molar-refractivity contribution < 1.29 is 14.3 Å². The molecule has 2 heterocycles. The summed E-state index contributed by atoms with van der Waals surface area (Å²) in [6.45, 7) is 1.87. The Hall–Kier alpha value is -3.65. The minimum atomic E-state index is -0.660. The van der Waals surface area contributed by atoms with Crippen LogP contribution in [-0.2, 0) is 24.2 Å². The minimum Gasteiger partial charge on any atom is -0.487 e. The molecule has 34 heavy (non-hydrogen) atoms. The Morgan fingerprint density at radius 3 is 2.74 bits per heavy atom. The van der Waals surface area contributed by atoms with Gasteiger partial charge in [0.1, 0.15) is 18.1 Å². The normalized spacial score (nSPS) is 13.8. The Labute approximate surface area is 201 Å². The van der Waals surface area contributed by atoms with Crippen molar-refractivity contribution in [2.45, 2.75) is 45.3 Å². The molecule has 1 amide bonds. The Morgan fingerprint density at radius 1 is 1.09 bits per heavy atom. The molecule has 0 radical (unpaired) electrons. The molecule has 1 atom stereocenters. The third-order valence-electron chi connectivity index (χ3n) is 5.73. The van der Waals surface area contributed by atoms with Gasteiger partial charge in [-0.1, -0.05) is 24.3 Å². The van der Waals surface area contributed by atoms with Crippen LogP contribution in [0.5, 0.6) is 11.5 Å². The molecule has 7 nitrogen and oxygen atoms in total. The van der Waals surface area contributed by atoms with Gasteiger partial charge in [-0.25, -0.2) is 4.98 Å². The van der Waals surface area contributed by atoms with E-state index in [0.29, 0.717) is 22.9 Å². The number of thiazole rings is 1. The van der Waals surface area contributed by atoms with Gasteiger partial charge in [0, 0.05) is 28.4 Å². The van der Waals surface area contributed by atoms with Gasteiger partial charge < -0.3 is 14.8 Å². The highest BCUT2D eigenvalue weighted by Gasteiger charge is 2.19. The number of ether oxygens (including phenoxy) is 2. The fourth-order valence-corrected chi connectivity index (χ4v) is 5.27. The van der Waals surface area contributed by atoms with E-state index >= 15 is 0 Å². The number of aryl methyl sites for hydroxylation is 2. The molecule has 0 bridgehead atoms. The molecule has 2 aromatic carbocycles. The highest BCUT2D eigenvalue weighted by atomic mass is 32.1. The molecule has 4 aromatic rings. The molecule has 0 saturated carbocycles. The molecule has 8 heteroatoms. The standard InChI is InChI=1S/C26H25N3O4S/c1-17(33-20-9-3-2-4-10-20)25(31)27-18-8-7-11-21(14-18)32-16-19-15-24(30)29-22-12-5-6-13-23(22)34-26(29)28-19/h2-4,7-11,14-15,17H,5-6,12-13,16H2,1H3,(H,27,31)/t17-/m1/s1. The van der Waals surface area contributed by atoms with Crippen LogP contribution in [0.1, 0.15) is 36.0 Å². The molecule has 2 aromatic heterocycles. The van der Waals surface area contributed by atoms with Crippen molar-refractivity contribution in [3.63, 3.8) is 0 Å². The molecule has 1 N–H and O–H groups in total. The second-order valence-electron chi connectivity index (χ2n) is 8.26. The largest absolute Gasteiger partial charge is 0.487 e. The third-order valence-corrected chi connectivity index (χ3v) is 6.87. The predicted molar refractivity (Wildman–Crippen MR) is 132 cm³/mol. The van der Waals surface area contributed by atoms with Crippen molar-refractivity contribution in [3.8, 4) is 11.5 Å². The lowest BCUT2D eigenvalue weighted by Gasteiger charge is -2.15. The lowest BCUT2D eigenvalue weighted by Crippen LogP contribution is -2.30. The summed E-state index contributed by atoms with van der Waals surface area (Å²) in [6.07, 6.45) is 3.56. The number of nitrogens with zero attached hydrogens (tertiary/aromatic N) is 2. The number of amides is 1. The van der Waals surface area contributed by atoms with Crippen molar-refractivity contribution in [2.75, 3.05) is 5.32 Å². The quantitative estimate of drug-likeness (QED) is 0.422. The molecule has 0 unspecified atom stereocenters. The van der Waals surface area contributed by atoms with Crippen molar-refractivity contribution >= 4 is 27.9 Å². The lowest BCUT2D eigenvalue weighted by atomic mass is 10.0. The number of aromatic nitrogens is 2. The summed E-state index contributed by atoms with van der Waals surface area (Å²) in [5, 5.41) is 2.85. The van der Waals surface area contributed by atoms with Crippen LogP contribution in [0, 0.1) is 0 Å². The number of fused-ring (bicyclic) bond motifs is 3. The van der Waals surface area contributed by atoms with Gasteiger partial charge in [0.05, 0.1) is 5.69 Å². The third kappa shape index (κ3) is 4.82. The second-order valence-corrected chi connectivity index (χ2v) is 9.32. The Balaban J connectivity index is 1.24. The summed E-state index contributed by atoms with van der Waals surface area (Å²) in [6, 6.07) is 17.9.